The van der Waals surface area contributed by atoms with Crippen molar-refractivity contribution >= 4 is 39.1 Å². The zero-order valence-electron chi connectivity index (χ0n) is 9.89. The topological polar surface area (TPSA) is 79.3 Å². The highest BCUT2D eigenvalue weighted by molar-refractivity contribution is 9.10. The van der Waals surface area contributed by atoms with Gasteiger partial charge in [-0.1, -0.05) is 15.9 Å². The van der Waals surface area contributed by atoms with Crippen LogP contribution < -0.4 is 5.32 Å². The van der Waals surface area contributed by atoms with Gasteiger partial charge in [0.1, 0.15) is 10.8 Å². The van der Waals surface area contributed by atoms with E-state index < -0.39 is 17.7 Å². The Kier molecular flexibility index (Phi) is 4.46. The second kappa shape index (κ2) is 6.10. The van der Waals surface area contributed by atoms with Crippen LogP contribution in [0.5, 0.6) is 0 Å². The Morgan fingerprint density at radius 1 is 1.40 bits per heavy atom. The molecule has 2 rings (SSSR count). The van der Waals surface area contributed by atoms with Gasteiger partial charge in [-0.15, -0.1) is 11.3 Å². The number of carbonyl (C=O) groups is 2. The summed E-state index contributed by atoms with van der Waals surface area (Å²) in [6.07, 6.45) is 0. The summed E-state index contributed by atoms with van der Waals surface area (Å²) in [5.41, 5.74) is 0.111. The van der Waals surface area contributed by atoms with Crippen molar-refractivity contribution in [1.29, 1.82) is 0 Å². The third-order valence-corrected chi connectivity index (χ3v) is 3.60. The maximum atomic E-state index is 13.2. The number of aromatic nitrogens is 1. The number of nitrogens with one attached hydrogen (secondary N) is 1. The van der Waals surface area contributed by atoms with Gasteiger partial charge < -0.3 is 10.4 Å². The van der Waals surface area contributed by atoms with Crippen molar-refractivity contribution in [2.75, 3.05) is 0 Å². The number of hydrogen-bond donors (Lipinski definition) is 2. The summed E-state index contributed by atoms with van der Waals surface area (Å²) in [5, 5.41) is 13.1. The van der Waals surface area contributed by atoms with Crippen LogP contribution in [0.3, 0.4) is 0 Å². The van der Waals surface area contributed by atoms with E-state index >= 15 is 0 Å². The largest absolute Gasteiger partial charge is 0.476 e. The molecule has 0 unspecified atom stereocenters. The minimum absolute atomic E-state index is 0.0623. The number of nitrogens with zero attached hydrogens (tertiary/aromatic N) is 1. The van der Waals surface area contributed by atoms with E-state index in [1.54, 1.807) is 0 Å². The third kappa shape index (κ3) is 3.61. The van der Waals surface area contributed by atoms with Gasteiger partial charge in [0.25, 0.3) is 5.91 Å². The number of carboxylic acid groups (broad SMARTS) is 1. The molecule has 0 spiro atoms. The second-order valence-corrected chi connectivity index (χ2v) is 5.63. The smallest absolute Gasteiger partial charge is 0.355 e. The molecule has 104 valence electrons. The molecule has 0 aliphatic heterocycles. The van der Waals surface area contributed by atoms with Gasteiger partial charge in [-0.25, -0.2) is 14.2 Å². The predicted octanol–water partition coefficient (Wildman–Crippen LogP) is 2.67. The van der Waals surface area contributed by atoms with Crippen molar-refractivity contribution in [2.24, 2.45) is 0 Å². The van der Waals surface area contributed by atoms with Crippen LogP contribution in [0.15, 0.2) is 28.1 Å². The van der Waals surface area contributed by atoms with E-state index in [0.29, 0.717) is 9.48 Å². The molecular weight excluding hydrogens is 351 g/mol. The summed E-state index contributed by atoms with van der Waals surface area (Å²) in [4.78, 5) is 26.3. The molecule has 1 heterocycles. The fourth-order valence-corrected chi connectivity index (χ4v) is 2.61. The predicted molar refractivity (Wildman–Crippen MR) is 74.3 cm³/mol. The summed E-state index contributed by atoms with van der Waals surface area (Å²) in [7, 11) is 0. The van der Waals surface area contributed by atoms with Gasteiger partial charge in [0, 0.05) is 15.4 Å². The first kappa shape index (κ1) is 14.6. The Balaban J connectivity index is 2.02. The summed E-state index contributed by atoms with van der Waals surface area (Å²) in [6, 6.07) is 3.85. The minimum Gasteiger partial charge on any atom is -0.476 e. The Morgan fingerprint density at radius 3 is 2.75 bits per heavy atom. The number of amides is 1. The number of carboxylic acids is 1. The monoisotopic (exact) mass is 358 g/mol. The van der Waals surface area contributed by atoms with Crippen LogP contribution >= 0.6 is 27.3 Å². The van der Waals surface area contributed by atoms with Crippen LogP contribution in [0, 0.1) is 5.82 Å². The van der Waals surface area contributed by atoms with Crippen LogP contribution in [0.1, 0.15) is 25.9 Å². The fraction of sp³-hybridized carbons (Fsp3) is 0.0833. The van der Waals surface area contributed by atoms with Crippen LogP contribution in [-0.2, 0) is 6.54 Å². The van der Waals surface area contributed by atoms with Crippen LogP contribution in [-0.4, -0.2) is 22.0 Å². The lowest BCUT2D eigenvalue weighted by Crippen LogP contribution is -2.23. The van der Waals surface area contributed by atoms with Gasteiger partial charge in [-0.05, 0) is 18.2 Å². The Morgan fingerprint density at radius 2 is 2.15 bits per heavy atom. The Labute approximate surface area is 125 Å². The van der Waals surface area contributed by atoms with E-state index in [-0.39, 0.29) is 17.8 Å². The summed E-state index contributed by atoms with van der Waals surface area (Å²) >= 11 is 4.23. The normalized spacial score (nSPS) is 10.3. The number of carbonyl (C=O) groups excluding carboxylic acids is 1. The minimum atomic E-state index is -1.12. The molecule has 1 aromatic heterocycles. The molecule has 0 bridgehead atoms. The number of thiazole rings is 1. The van der Waals surface area contributed by atoms with Gasteiger partial charge in [-0.2, -0.15) is 0 Å². The second-order valence-electron chi connectivity index (χ2n) is 3.77. The molecule has 1 aromatic carbocycles. The molecule has 0 atom stereocenters. The lowest BCUT2D eigenvalue weighted by Gasteiger charge is -2.04. The van der Waals surface area contributed by atoms with Gasteiger partial charge >= 0.3 is 5.97 Å². The molecule has 20 heavy (non-hydrogen) atoms. The number of halogens is 2. The molecule has 8 heteroatoms. The van der Waals surface area contributed by atoms with E-state index in [2.05, 4.69) is 26.2 Å². The number of hydrogen-bond acceptors (Lipinski definition) is 4. The molecule has 2 aromatic rings. The molecule has 0 aliphatic carbocycles. The first-order chi connectivity index (χ1) is 9.45. The number of aromatic carboxylic acids is 1. The Bertz CT molecular complexity index is 654. The quantitative estimate of drug-likeness (QED) is 0.880. The molecule has 0 aliphatic rings. The van der Waals surface area contributed by atoms with Crippen LogP contribution in [0.4, 0.5) is 4.39 Å². The van der Waals surface area contributed by atoms with Crippen molar-refractivity contribution in [3.63, 3.8) is 0 Å². The summed E-state index contributed by atoms with van der Waals surface area (Å²) in [6.45, 7) is 0.0882. The van der Waals surface area contributed by atoms with Crippen molar-refractivity contribution in [2.45, 2.75) is 6.54 Å². The maximum absolute atomic E-state index is 13.2. The molecule has 0 radical (unpaired) electrons. The van der Waals surface area contributed by atoms with Crippen molar-refractivity contribution < 1.29 is 19.1 Å². The van der Waals surface area contributed by atoms with Crippen molar-refractivity contribution in [1.82, 2.24) is 10.3 Å². The van der Waals surface area contributed by atoms with E-state index in [1.807, 2.05) is 0 Å². The lowest BCUT2D eigenvalue weighted by molar-refractivity contribution is 0.0691. The fourth-order valence-electron chi connectivity index (χ4n) is 1.43. The SMILES string of the molecule is O=C(NCc1nc(C(=O)O)cs1)c1cc(F)cc(Br)c1. The summed E-state index contributed by atoms with van der Waals surface area (Å²) in [5.74, 6) is -2.10. The molecule has 1 amide bonds. The lowest BCUT2D eigenvalue weighted by atomic mass is 10.2. The van der Waals surface area contributed by atoms with Gasteiger partial charge in [0.05, 0.1) is 6.54 Å². The number of rotatable bonds is 4. The highest BCUT2D eigenvalue weighted by Crippen LogP contribution is 2.15. The van der Waals surface area contributed by atoms with E-state index in [4.69, 9.17) is 5.11 Å². The van der Waals surface area contributed by atoms with Crippen LogP contribution in [0.25, 0.3) is 0 Å². The molecule has 0 fully saturated rings. The Hall–Kier alpha value is -1.80. The maximum Gasteiger partial charge on any atom is 0.355 e. The molecular formula is C12H8BrFN2O3S. The van der Waals surface area contributed by atoms with E-state index in [0.717, 1.165) is 17.4 Å². The zero-order chi connectivity index (χ0) is 14.7. The van der Waals surface area contributed by atoms with Crippen LogP contribution in [0.2, 0.25) is 0 Å². The molecule has 0 saturated heterocycles. The molecule has 0 saturated carbocycles. The van der Waals surface area contributed by atoms with Gasteiger partial charge in [0.15, 0.2) is 5.69 Å². The highest BCUT2D eigenvalue weighted by atomic mass is 79.9. The molecule has 5 nitrogen and oxygen atoms in total. The average molecular weight is 359 g/mol. The first-order valence-electron chi connectivity index (χ1n) is 5.37. The van der Waals surface area contributed by atoms with E-state index in [9.17, 15) is 14.0 Å². The number of benzene rings is 1. The average Bonchev–Trinajstić information content (AvgIpc) is 2.83. The third-order valence-electron chi connectivity index (χ3n) is 2.30. The molecule has 2 N–H and O–H groups in total. The first-order valence-corrected chi connectivity index (χ1v) is 7.05. The standard InChI is InChI=1S/C12H8BrFN2O3S/c13-7-1-6(2-8(14)3-7)11(17)15-4-10-16-9(5-20-10)12(18)19/h1-3,5H,4H2,(H,15,17)(H,18,19). The van der Waals surface area contributed by atoms with Gasteiger partial charge in [0.2, 0.25) is 0 Å². The van der Waals surface area contributed by atoms with Crippen molar-refractivity contribution in [3.8, 4) is 0 Å². The highest BCUT2D eigenvalue weighted by Gasteiger charge is 2.11. The van der Waals surface area contributed by atoms with E-state index in [1.165, 1.54) is 17.5 Å². The van der Waals surface area contributed by atoms with Gasteiger partial charge in [-0.3, -0.25) is 4.79 Å². The zero-order valence-corrected chi connectivity index (χ0v) is 12.3. The summed E-state index contributed by atoms with van der Waals surface area (Å²) < 4.78 is 13.6. The van der Waals surface area contributed by atoms with Crippen molar-refractivity contribution in [3.05, 3.63) is 50.1 Å².